The number of carbonyl (C=O) groups excluding carboxylic acids is 1. The van der Waals surface area contributed by atoms with Crippen molar-refractivity contribution in [1.82, 2.24) is 19.9 Å². The number of benzene rings is 1. The highest BCUT2D eigenvalue weighted by atomic mass is 16.5. The van der Waals surface area contributed by atoms with Crippen LogP contribution < -0.4 is 4.74 Å². The summed E-state index contributed by atoms with van der Waals surface area (Å²) in [4.78, 5) is 21.5. The van der Waals surface area contributed by atoms with Gasteiger partial charge in [-0.3, -0.25) is 14.7 Å². The predicted molar refractivity (Wildman–Crippen MR) is 111 cm³/mol. The molecule has 2 aliphatic rings. The van der Waals surface area contributed by atoms with Crippen LogP contribution in [0, 0.1) is 13.8 Å². The number of pyridine rings is 1. The van der Waals surface area contributed by atoms with Crippen molar-refractivity contribution in [2.75, 3.05) is 20.1 Å². The number of aromatic nitrogens is 2. The average molecular weight is 404 g/mol. The molecule has 0 saturated carbocycles. The minimum absolute atomic E-state index is 0.00516. The average Bonchev–Trinajstić information content (AvgIpc) is 3.28. The van der Waals surface area contributed by atoms with E-state index in [4.69, 9.17) is 9.26 Å². The summed E-state index contributed by atoms with van der Waals surface area (Å²) in [6.45, 7) is 6.12. The van der Waals surface area contributed by atoms with Crippen molar-refractivity contribution in [3.05, 3.63) is 65.3 Å². The Hall–Kier alpha value is -3.19. The summed E-state index contributed by atoms with van der Waals surface area (Å²) >= 11 is 0. The van der Waals surface area contributed by atoms with Crippen LogP contribution in [0.5, 0.6) is 5.75 Å². The second-order valence-electron chi connectivity index (χ2n) is 8.09. The first-order valence-electron chi connectivity index (χ1n) is 10.1. The molecule has 0 radical (unpaired) electrons. The Morgan fingerprint density at radius 2 is 2.03 bits per heavy atom. The van der Waals surface area contributed by atoms with Crippen molar-refractivity contribution in [1.29, 1.82) is 0 Å². The van der Waals surface area contributed by atoms with Crippen molar-refractivity contribution in [3.8, 4) is 16.9 Å². The molecule has 0 N–H and O–H groups in total. The number of aryl methyl sites for hydroxylation is 2. The molecule has 1 saturated heterocycles. The second-order valence-corrected chi connectivity index (χ2v) is 8.09. The van der Waals surface area contributed by atoms with Crippen LogP contribution in [0.1, 0.15) is 27.4 Å². The van der Waals surface area contributed by atoms with E-state index >= 15 is 0 Å². The molecule has 5 rings (SSSR count). The predicted octanol–water partition coefficient (Wildman–Crippen LogP) is 3.07. The second kappa shape index (κ2) is 7.25. The first-order valence-corrected chi connectivity index (χ1v) is 10.1. The summed E-state index contributed by atoms with van der Waals surface area (Å²) in [7, 11) is 1.87. The minimum Gasteiger partial charge on any atom is -0.486 e. The molecule has 1 fully saturated rings. The van der Waals surface area contributed by atoms with E-state index in [0.29, 0.717) is 11.3 Å². The van der Waals surface area contributed by atoms with Gasteiger partial charge in [-0.2, -0.15) is 0 Å². The molecule has 2 aromatic heterocycles. The molecule has 7 nitrogen and oxygen atoms in total. The summed E-state index contributed by atoms with van der Waals surface area (Å²) in [5, 5.41) is 4.06. The highest BCUT2D eigenvalue weighted by Gasteiger charge is 2.42. The molecule has 0 bridgehead atoms. The number of amides is 1. The molecule has 1 aromatic carbocycles. The molecule has 154 valence electrons. The first kappa shape index (κ1) is 18.8. The molecule has 4 heterocycles. The van der Waals surface area contributed by atoms with Gasteiger partial charge >= 0.3 is 0 Å². The Morgan fingerprint density at radius 1 is 1.17 bits per heavy atom. The summed E-state index contributed by atoms with van der Waals surface area (Å²) in [6, 6.07) is 9.67. The van der Waals surface area contributed by atoms with Crippen LogP contribution in [-0.4, -0.2) is 58.1 Å². The van der Waals surface area contributed by atoms with E-state index in [-0.39, 0.29) is 18.1 Å². The maximum atomic E-state index is 13.1. The van der Waals surface area contributed by atoms with Gasteiger partial charge in [0.1, 0.15) is 17.6 Å². The molecule has 2 atom stereocenters. The number of fused-ring (bicyclic) bond motifs is 2. The van der Waals surface area contributed by atoms with E-state index in [0.717, 1.165) is 47.8 Å². The Labute approximate surface area is 175 Å². The molecule has 2 aliphatic heterocycles. The van der Waals surface area contributed by atoms with Gasteiger partial charge in [-0.15, -0.1) is 0 Å². The van der Waals surface area contributed by atoms with Crippen molar-refractivity contribution in [3.63, 3.8) is 0 Å². The van der Waals surface area contributed by atoms with Crippen LogP contribution in [0.15, 0.2) is 47.2 Å². The van der Waals surface area contributed by atoms with E-state index in [1.165, 1.54) is 0 Å². The maximum absolute atomic E-state index is 13.1. The molecule has 1 amide bonds. The molecule has 0 aliphatic carbocycles. The third-order valence-electron chi connectivity index (χ3n) is 6.18. The van der Waals surface area contributed by atoms with Crippen molar-refractivity contribution < 1.29 is 14.1 Å². The number of likely N-dealkylation sites (tertiary alicyclic amines) is 1. The van der Waals surface area contributed by atoms with Gasteiger partial charge in [0, 0.05) is 50.2 Å². The van der Waals surface area contributed by atoms with Gasteiger partial charge in [-0.25, -0.2) is 0 Å². The van der Waals surface area contributed by atoms with Crippen LogP contribution in [-0.2, 0) is 6.54 Å². The van der Waals surface area contributed by atoms with Crippen molar-refractivity contribution >= 4 is 5.91 Å². The lowest BCUT2D eigenvalue weighted by Crippen LogP contribution is -2.44. The van der Waals surface area contributed by atoms with E-state index in [2.05, 4.69) is 15.0 Å². The fraction of sp³-hybridized carbons (Fsp3) is 0.348. The topological polar surface area (TPSA) is 71.7 Å². The molecule has 0 spiro atoms. The zero-order valence-electron chi connectivity index (χ0n) is 17.3. The van der Waals surface area contributed by atoms with Crippen molar-refractivity contribution in [2.24, 2.45) is 0 Å². The number of carbonyl (C=O) groups is 1. The Morgan fingerprint density at radius 3 is 2.77 bits per heavy atom. The van der Waals surface area contributed by atoms with Gasteiger partial charge in [0.05, 0.1) is 17.3 Å². The van der Waals surface area contributed by atoms with Gasteiger partial charge in [0.2, 0.25) is 0 Å². The van der Waals surface area contributed by atoms with E-state index in [9.17, 15) is 4.79 Å². The maximum Gasteiger partial charge on any atom is 0.257 e. The number of rotatable bonds is 3. The van der Waals surface area contributed by atoms with E-state index < -0.39 is 0 Å². The third kappa shape index (κ3) is 3.15. The number of hydrogen-bond donors (Lipinski definition) is 0. The van der Waals surface area contributed by atoms with E-state index in [1.54, 1.807) is 6.20 Å². The molecule has 7 heteroatoms. The van der Waals surface area contributed by atoms with Crippen LogP contribution in [0.3, 0.4) is 0 Å². The number of ether oxygens (including phenoxy) is 1. The molecular formula is C23H24N4O3. The number of nitrogens with zero attached hydrogens (tertiary/aromatic N) is 4. The van der Waals surface area contributed by atoms with Gasteiger partial charge in [-0.1, -0.05) is 17.3 Å². The Balaban J connectivity index is 1.43. The summed E-state index contributed by atoms with van der Waals surface area (Å²) in [5.41, 5.74) is 4.62. The molecule has 0 unspecified atom stereocenters. The Kier molecular flexibility index (Phi) is 4.55. The van der Waals surface area contributed by atoms with E-state index in [1.807, 2.05) is 62.3 Å². The SMILES string of the molecule is Cc1noc(C)c1CN1C[C@@H]2Oc3cc(-c4cccnc4)ccc3C(=O)N(C)[C@@H]2C1. The highest BCUT2D eigenvalue weighted by Crippen LogP contribution is 2.34. The Bertz CT molecular complexity index is 1080. The van der Waals surface area contributed by atoms with Crippen LogP contribution in [0.4, 0.5) is 0 Å². The largest absolute Gasteiger partial charge is 0.486 e. The number of hydrogen-bond acceptors (Lipinski definition) is 6. The fourth-order valence-corrected chi connectivity index (χ4v) is 4.41. The fourth-order valence-electron chi connectivity index (χ4n) is 4.41. The smallest absolute Gasteiger partial charge is 0.257 e. The normalized spacial score (nSPS) is 21.2. The standard InChI is InChI=1S/C23H24N4O3/c1-14-19(15(2)30-25-14)11-27-12-20-22(13-27)29-21-9-16(17-5-4-8-24-10-17)6-7-18(21)23(28)26(20)3/h4-10,20,22H,11-13H2,1-3H3/t20-,22+/m1/s1. The van der Waals surface area contributed by atoms with Gasteiger partial charge in [0.25, 0.3) is 5.91 Å². The summed E-state index contributed by atoms with van der Waals surface area (Å²) in [5.74, 6) is 1.48. The lowest BCUT2D eigenvalue weighted by Gasteiger charge is -2.25. The van der Waals surface area contributed by atoms with Gasteiger partial charge < -0.3 is 14.2 Å². The molecular weight excluding hydrogens is 380 g/mol. The van der Waals surface area contributed by atoms with Gasteiger partial charge in [-0.05, 0) is 37.6 Å². The minimum atomic E-state index is -0.0928. The van der Waals surface area contributed by atoms with Crippen molar-refractivity contribution in [2.45, 2.75) is 32.5 Å². The van der Waals surface area contributed by atoms with Crippen LogP contribution in [0.25, 0.3) is 11.1 Å². The van der Waals surface area contributed by atoms with Crippen LogP contribution >= 0.6 is 0 Å². The summed E-state index contributed by atoms with van der Waals surface area (Å²) < 4.78 is 11.7. The third-order valence-corrected chi connectivity index (χ3v) is 6.18. The number of likely N-dealkylation sites (N-methyl/N-ethyl adjacent to an activating group) is 1. The first-order chi connectivity index (χ1) is 14.5. The lowest BCUT2D eigenvalue weighted by molar-refractivity contribution is 0.0682. The molecule has 3 aromatic rings. The zero-order chi connectivity index (χ0) is 20.8. The zero-order valence-corrected chi connectivity index (χ0v) is 17.3. The quantitative estimate of drug-likeness (QED) is 0.668. The monoisotopic (exact) mass is 404 g/mol. The molecule has 30 heavy (non-hydrogen) atoms. The van der Waals surface area contributed by atoms with Crippen LogP contribution in [0.2, 0.25) is 0 Å². The summed E-state index contributed by atoms with van der Waals surface area (Å²) in [6.07, 6.45) is 3.47. The lowest BCUT2D eigenvalue weighted by atomic mass is 10.0. The highest BCUT2D eigenvalue weighted by molar-refractivity contribution is 5.98. The van der Waals surface area contributed by atoms with Gasteiger partial charge in [0.15, 0.2) is 0 Å².